The first kappa shape index (κ1) is 16.2. The summed E-state index contributed by atoms with van der Waals surface area (Å²) in [5.41, 5.74) is -0.692. The van der Waals surface area contributed by atoms with Crippen LogP contribution in [0.25, 0.3) is 0 Å². The first-order chi connectivity index (χ1) is 10.7. The van der Waals surface area contributed by atoms with Crippen molar-refractivity contribution in [1.29, 1.82) is 0 Å². The van der Waals surface area contributed by atoms with Crippen LogP contribution in [0.2, 0.25) is 0 Å². The van der Waals surface area contributed by atoms with Crippen LogP contribution in [-0.2, 0) is 10.0 Å². The Hall–Kier alpha value is -3.14. The number of aromatic carboxylic acids is 1. The van der Waals surface area contributed by atoms with E-state index in [9.17, 15) is 28.4 Å². The highest BCUT2D eigenvalue weighted by Crippen LogP contribution is 2.24. The molecule has 9 nitrogen and oxygen atoms in total. The lowest BCUT2D eigenvalue weighted by atomic mass is 10.2. The third-order valence-corrected chi connectivity index (χ3v) is 4.22. The molecule has 0 radical (unpaired) electrons. The van der Waals surface area contributed by atoms with Gasteiger partial charge in [-0.2, -0.15) is 0 Å². The van der Waals surface area contributed by atoms with Crippen molar-refractivity contribution in [2.45, 2.75) is 4.90 Å². The van der Waals surface area contributed by atoms with Crippen LogP contribution in [0.15, 0.2) is 47.4 Å². The Morgan fingerprint density at radius 3 is 2.26 bits per heavy atom. The topological polar surface area (TPSA) is 147 Å². The number of benzene rings is 2. The van der Waals surface area contributed by atoms with Gasteiger partial charge in [-0.25, -0.2) is 13.2 Å². The zero-order chi connectivity index (χ0) is 17.2. The van der Waals surface area contributed by atoms with E-state index in [1.165, 1.54) is 12.1 Å². The summed E-state index contributed by atoms with van der Waals surface area (Å²) >= 11 is 0. The maximum Gasteiger partial charge on any atom is 0.339 e. The number of non-ortho nitro benzene ring substituents is 1. The molecule has 0 bridgehead atoms. The molecule has 0 amide bonds. The number of nitrogens with one attached hydrogen (secondary N) is 1. The van der Waals surface area contributed by atoms with Crippen molar-refractivity contribution in [3.63, 3.8) is 0 Å². The van der Waals surface area contributed by atoms with Crippen molar-refractivity contribution in [1.82, 2.24) is 0 Å². The smallest absolute Gasteiger partial charge is 0.339 e. The standard InChI is InChI=1S/C13H10N2O7S/c16-12-6-5-10(7-11(12)13(17)18)23(21,22)14-8-1-3-9(4-2-8)15(19)20/h1-7,14,16H,(H,17,18). The predicted octanol–water partition coefficient (Wildman–Crippen LogP) is 1.80. The fraction of sp³-hybridized carbons (Fsp3) is 0. The van der Waals surface area contributed by atoms with Crippen molar-refractivity contribution in [2.75, 3.05) is 4.72 Å². The molecule has 0 aliphatic heterocycles. The number of rotatable bonds is 5. The van der Waals surface area contributed by atoms with E-state index in [0.29, 0.717) is 0 Å². The number of nitro benzene ring substituents is 1. The number of anilines is 1. The van der Waals surface area contributed by atoms with E-state index in [0.717, 1.165) is 30.3 Å². The van der Waals surface area contributed by atoms with Crippen LogP contribution in [-0.4, -0.2) is 29.5 Å². The van der Waals surface area contributed by atoms with E-state index < -0.39 is 32.2 Å². The zero-order valence-corrected chi connectivity index (χ0v) is 12.1. The van der Waals surface area contributed by atoms with Crippen molar-refractivity contribution >= 4 is 27.4 Å². The lowest BCUT2D eigenvalue weighted by Crippen LogP contribution is -2.13. The molecular formula is C13H10N2O7S. The van der Waals surface area contributed by atoms with Gasteiger partial charge in [0, 0.05) is 17.8 Å². The minimum atomic E-state index is -4.11. The Morgan fingerprint density at radius 2 is 1.74 bits per heavy atom. The Kier molecular flexibility index (Phi) is 4.18. The molecule has 0 saturated carbocycles. The fourth-order valence-electron chi connectivity index (χ4n) is 1.72. The number of hydrogen-bond acceptors (Lipinski definition) is 6. The summed E-state index contributed by atoms with van der Waals surface area (Å²) in [6.45, 7) is 0. The molecule has 0 aromatic heterocycles. The molecule has 0 unspecified atom stereocenters. The van der Waals surface area contributed by atoms with Crippen LogP contribution in [0.5, 0.6) is 5.75 Å². The third kappa shape index (κ3) is 3.55. The Balaban J connectivity index is 2.33. The van der Waals surface area contributed by atoms with Gasteiger partial charge in [-0.15, -0.1) is 0 Å². The minimum Gasteiger partial charge on any atom is -0.507 e. The van der Waals surface area contributed by atoms with Gasteiger partial charge in [0.15, 0.2) is 0 Å². The van der Waals surface area contributed by atoms with Crippen LogP contribution < -0.4 is 4.72 Å². The van der Waals surface area contributed by atoms with Gasteiger partial charge in [-0.05, 0) is 30.3 Å². The van der Waals surface area contributed by atoms with E-state index in [1.54, 1.807) is 0 Å². The van der Waals surface area contributed by atoms with Gasteiger partial charge in [0.05, 0.1) is 9.82 Å². The van der Waals surface area contributed by atoms with E-state index >= 15 is 0 Å². The second-order valence-electron chi connectivity index (χ2n) is 4.39. The minimum absolute atomic E-state index is 0.0700. The molecule has 2 rings (SSSR count). The summed E-state index contributed by atoms with van der Waals surface area (Å²) in [4.78, 5) is 20.5. The van der Waals surface area contributed by atoms with Gasteiger partial charge >= 0.3 is 5.97 Å². The van der Waals surface area contributed by atoms with E-state index in [-0.39, 0.29) is 16.3 Å². The van der Waals surface area contributed by atoms with Crippen molar-refractivity contribution < 1.29 is 28.3 Å². The van der Waals surface area contributed by atoms with Gasteiger partial charge in [0.1, 0.15) is 11.3 Å². The highest BCUT2D eigenvalue weighted by Gasteiger charge is 2.19. The summed E-state index contributed by atoms with van der Waals surface area (Å²) in [6, 6.07) is 7.45. The molecule has 0 aliphatic rings. The number of sulfonamides is 1. The van der Waals surface area contributed by atoms with Crippen molar-refractivity contribution in [2.24, 2.45) is 0 Å². The zero-order valence-electron chi connectivity index (χ0n) is 11.3. The molecule has 10 heteroatoms. The molecule has 120 valence electrons. The Bertz CT molecular complexity index is 876. The van der Waals surface area contributed by atoms with Gasteiger partial charge in [-0.3, -0.25) is 14.8 Å². The maximum absolute atomic E-state index is 12.2. The highest BCUT2D eigenvalue weighted by atomic mass is 32.2. The third-order valence-electron chi connectivity index (χ3n) is 2.84. The first-order valence-corrected chi connectivity index (χ1v) is 7.52. The van der Waals surface area contributed by atoms with E-state index in [2.05, 4.69) is 4.72 Å². The van der Waals surface area contributed by atoms with E-state index in [4.69, 9.17) is 5.11 Å². The number of nitrogens with zero attached hydrogens (tertiary/aromatic N) is 1. The second kappa shape index (κ2) is 5.93. The number of phenols is 1. The maximum atomic E-state index is 12.2. The normalized spacial score (nSPS) is 11.0. The summed E-state index contributed by atoms with van der Waals surface area (Å²) < 4.78 is 26.5. The average Bonchev–Trinajstić information content (AvgIpc) is 2.47. The molecule has 0 saturated heterocycles. The SMILES string of the molecule is O=C(O)c1cc(S(=O)(=O)Nc2ccc([N+](=O)[O-])cc2)ccc1O. The number of nitro groups is 1. The second-order valence-corrected chi connectivity index (χ2v) is 6.08. The largest absolute Gasteiger partial charge is 0.507 e. The molecule has 0 fully saturated rings. The van der Waals surface area contributed by atoms with Crippen LogP contribution in [0.4, 0.5) is 11.4 Å². The molecule has 0 atom stereocenters. The number of carbonyl (C=O) groups is 1. The Labute approximate surface area is 130 Å². The number of carboxylic acid groups (broad SMARTS) is 1. The fourth-order valence-corrected chi connectivity index (χ4v) is 2.80. The van der Waals surface area contributed by atoms with Crippen LogP contribution >= 0.6 is 0 Å². The monoisotopic (exact) mass is 338 g/mol. The molecule has 3 N–H and O–H groups in total. The van der Waals surface area contributed by atoms with Gasteiger partial charge in [0.25, 0.3) is 15.7 Å². The van der Waals surface area contributed by atoms with Gasteiger partial charge < -0.3 is 10.2 Å². The van der Waals surface area contributed by atoms with Crippen LogP contribution in [0.3, 0.4) is 0 Å². The quantitative estimate of drug-likeness (QED) is 0.556. The summed E-state index contributed by atoms with van der Waals surface area (Å²) in [5, 5.41) is 28.8. The predicted molar refractivity (Wildman–Crippen MR) is 79.0 cm³/mol. The number of carboxylic acids is 1. The summed E-state index contributed by atoms with van der Waals surface area (Å²) in [6.07, 6.45) is 0. The molecule has 2 aromatic rings. The molecular weight excluding hydrogens is 328 g/mol. The molecule has 0 aliphatic carbocycles. The average molecular weight is 338 g/mol. The lowest BCUT2D eigenvalue weighted by Gasteiger charge is -2.09. The number of aromatic hydroxyl groups is 1. The summed E-state index contributed by atoms with van der Waals surface area (Å²) in [5.74, 6) is -2.04. The van der Waals surface area contributed by atoms with Crippen LogP contribution in [0.1, 0.15) is 10.4 Å². The molecule has 0 spiro atoms. The summed E-state index contributed by atoms with van der Waals surface area (Å²) in [7, 11) is -4.11. The molecule has 23 heavy (non-hydrogen) atoms. The van der Waals surface area contributed by atoms with Gasteiger partial charge in [0.2, 0.25) is 0 Å². The van der Waals surface area contributed by atoms with Crippen molar-refractivity contribution in [3.05, 3.63) is 58.1 Å². The molecule has 2 aromatic carbocycles. The van der Waals surface area contributed by atoms with Crippen molar-refractivity contribution in [3.8, 4) is 5.75 Å². The number of hydrogen-bond donors (Lipinski definition) is 3. The van der Waals surface area contributed by atoms with E-state index in [1.807, 2.05) is 0 Å². The van der Waals surface area contributed by atoms with Gasteiger partial charge in [-0.1, -0.05) is 0 Å². The molecule has 0 heterocycles. The first-order valence-electron chi connectivity index (χ1n) is 6.04. The van der Waals surface area contributed by atoms with Crippen LogP contribution in [0, 0.1) is 10.1 Å². The Morgan fingerprint density at radius 1 is 1.13 bits per heavy atom. The lowest BCUT2D eigenvalue weighted by molar-refractivity contribution is -0.384. The highest BCUT2D eigenvalue weighted by molar-refractivity contribution is 7.92.